The Morgan fingerprint density at radius 1 is 1.42 bits per heavy atom. The van der Waals surface area contributed by atoms with Crippen molar-refractivity contribution < 1.29 is 4.74 Å². The lowest BCUT2D eigenvalue weighted by Crippen LogP contribution is -2.10. The zero-order chi connectivity index (χ0) is 13.7. The second kappa shape index (κ2) is 6.68. The highest BCUT2D eigenvalue weighted by molar-refractivity contribution is 9.10. The molecule has 0 aliphatic rings. The van der Waals surface area contributed by atoms with Gasteiger partial charge < -0.3 is 10.1 Å². The predicted molar refractivity (Wildman–Crippen MR) is 83.6 cm³/mol. The van der Waals surface area contributed by atoms with Gasteiger partial charge in [-0.2, -0.15) is 0 Å². The molecule has 2 aromatic rings. The van der Waals surface area contributed by atoms with Crippen LogP contribution in [0, 0.1) is 0 Å². The van der Waals surface area contributed by atoms with Crippen molar-refractivity contribution in [2.75, 3.05) is 25.1 Å². The molecule has 0 aliphatic heterocycles. The Labute approximate surface area is 121 Å². The second-order valence-corrected chi connectivity index (χ2v) is 5.37. The minimum atomic E-state index is 0.617. The third kappa shape index (κ3) is 4.04. The van der Waals surface area contributed by atoms with E-state index in [-0.39, 0.29) is 0 Å². The summed E-state index contributed by atoms with van der Waals surface area (Å²) in [4.78, 5) is 4.36. The summed E-state index contributed by atoms with van der Waals surface area (Å²) in [5.41, 5.74) is 3.10. The molecule has 0 fully saturated rings. The molecule has 0 radical (unpaired) electrons. The Balaban J connectivity index is 1.99. The summed E-state index contributed by atoms with van der Waals surface area (Å²) in [7, 11) is 0. The molecule has 0 unspecified atom stereocenters. The summed E-state index contributed by atoms with van der Waals surface area (Å²) in [5, 5.41) is 4.49. The van der Waals surface area contributed by atoms with E-state index in [1.165, 1.54) is 0 Å². The van der Waals surface area contributed by atoms with Crippen molar-refractivity contribution >= 4 is 32.5 Å². The zero-order valence-electron chi connectivity index (χ0n) is 10.9. The lowest BCUT2D eigenvalue weighted by molar-refractivity contribution is 0.167. The van der Waals surface area contributed by atoms with Crippen molar-refractivity contribution in [3.8, 4) is 0 Å². The van der Waals surface area contributed by atoms with E-state index in [0.29, 0.717) is 13.2 Å². The van der Waals surface area contributed by atoms with Crippen LogP contribution in [0.4, 0.5) is 5.69 Å². The number of ether oxygens (including phenoxy) is 1. The van der Waals surface area contributed by atoms with Gasteiger partial charge in [-0.3, -0.25) is 4.98 Å². The molecule has 1 aromatic heterocycles. The van der Waals surface area contributed by atoms with Gasteiger partial charge in [-0.05, 0) is 31.2 Å². The van der Waals surface area contributed by atoms with E-state index in [1.54, 1.807) is 0 Å². The molecule has 2 rings (SSSR count). The van der Waals surface area contributed by atoms with Crippen molar-refractivity contribution in [1.82, 2.24) is 4.98 Å². The van der Waals surface area contributed by atoms with Crippen molar-refractivity contribution in [2.24, 2.45) is 0 Å². The van der Waals surface area contributed by atoms with Crippen LogP contribution in [-0.2, 0) is 4.74 Å². The highest BCUT2D eigenvalue weighted by Gasteiger charge is 2.01. The van der Waals surface area contributed by atoms with Crippen LogP contribution in [0.25, 0.3) is 10.9 Å². The summed E-state index contributed by atoms with van der Waals surface area (Å²) in [6, 6.07) is 8.07. The summed E-state index contributed by atoms with van der Waals surface area (Å²) < 4.78 is 6.50. The first-order valence-corrected chi connectivity index (χ1v) is 6.96. The molecule has 1 N–H and O–H groups in total. The predicted octanol–water partition coefficient (Wildman–Crippen LogP) is 4.00. The molecule has 0 amide bonds. The van der Waals surface area contributed by atoms with Gasteiger partial charge in [0, 0.05) is 28.3 Å². The summed E-state index contributed by atoms with van der Waals surface area (Å²) >= 11 is 3.46. The lowest BCUT2D eigenvalue weighted by atomic mass is 10.2. The highest BCUT2D eigenvalue weighted by atomic mass is 79.9. The number of nitrogens with one attached hydrogen (secondary N) is 1. The monoisotopic (exact) mass is 320 g/mol. The number of pyridine rings is 1. The van der Waals surface area contributed by atoms with E-state index in [2.05, 4.69) is 38.9 Å². The van der Waals surface area contributed by atoms with Gasteiger partial charge in [-0.15, -0.1) is 0 Å². The van der Waals surface area contributed by atoms with Gasteiger partial charge in [0.2, 0.25) is 0 Å². The summed E-state index contributed by atoms with van der Waals surface area (Å²) in [5.74, 6) is 0. The van der Waals surface area contributed by atoms with Gasteiger partial charge in [0.05, 0.1) is 18.7 Å². The largest absolute Gasteiger partial charge is 0.382 e. The third-order valence-corrected chi connectivity index (χ3v) is 3.11. The number of benzene rings is 1. The van der Waals surface area contributed by atoms with Crippen LogP contribution in [-0.4, -0.2) is 24.7 Å². The van der Waals surface area contributed by atoms with E-state index >= 15 is 0 Å². The van der Waals surface area contributed by atoms with Crippen LogP contribution in [0.5, 0.6) is 0 Å². The number of aromatic nitrogens is 1. The van der Waals surface area contributed by atoms with Crippen LogP contribution >= 0.6 is 15.9 Å². The fraction of sp³-hybridized carbons (Fsp3) is 0.267. The molecular formula is C15H17BrN2O. The van der Waals surface area contributed by atoms with Gasteiger partial charge in [0.25, 0.3) is 0 Å². The minimum absolute atomic E-state index is 0.617. The SMILES string of the molecule is C=C(C)COCCNc1ccnc2cc(Br)ccc12. The Hall–Kier alpha value is -1.39. The first-order valence-electron chi connectivity index (χ1n) is 6.17. The molecule has 1 aromatic carbocycles. The summed E-state index contributed by atoms with van der Waals surface area (Å²) in [6.07, 6.45) is 1.81. The van der Waals surface area contributed by atoms with Crippen LogP contribution in [0.3, 0.4) is 0 Å². The average Bonchev–Trinajstić information content (AvgIpc) is 2.37. The fourth-order valence-electron chi connectivity index (χ4n) is 1.78. The molecular weight excluding hydrogens is 304 g/mol. The minimum Gasteiger partial charge on any atom is -0.382 e. The highest BCUT2D eigenvalue weighted by Crippen LogP contribution is 2.24. The zero-order valence-corrected chi connectivity index (χ0v) is 12.5. The van der Waals surface area contributed by atoms with Gasteiger partial charge >= 0.3 is 0 Å². The van der Waals surface area contributed by atoms with Crippen LogP contribution < -0.4 is 5.32 Å². The quantitative estimate of drug-likeness (QED) is 0.645. The van der Waals surface area contributed by atoms with Gasteiger partial charge in [0.1, 0.15) is 0 Å². The van der Waals surface area contributed by atoms with E-state index in [9.17, 15) is 0 Å². The van der Waals surface area contributed by atoms with Crippen LogP contribution in [0.1, 0.15) is 6.92 Å². The molecule has 0 aliphatic carbocycles. The molecule has 100 valence electrons. The van der Waals surface area contributed by atoms with E-state index < -0.39 is 0 Å². The molecule has 0 spiro atoms. The van der Waals surface area contributed by atoms with E-state index in [1.807, 2.05) is 31.3 Å². The molecule has 0 atom stereocenters. The van der Waals surface area contributed by atoms with Crippen LogP contribution in [0.2, 0.25) is 0 Å². The maximum Gasteiger partial charge on any atom is 0.0733 e. The fourth-order valence-corrected chi connectivity index (χ4v) is 2.13. The topological polar surface area (TPSA) is 34.1 Å². The summed E-state index contributed by atoms with van der Waals surface area (Å²) in [6.45, 7) is 7.80. The number of hydrogen-bond acceptors (Lipinski definition) is 3. The average molecular weight is 321 g/mol. The smallest absolute Gasteiger partial charge is 0.0733 e. The molecule has 19 heavy (non-hydrogen) atoms. The number of rotatable bonds is 6. The second-order valence-electron chi connectivity index (χ2n) is 4.46. The Morgan fingerprint density at radius 2 is 2.26 bits per heavy atom. The number of anilines is 1. The van der Waals surface area contributed by atoms with Crippen molar-refractivity contribution in [3.63, 3.8) is 0 Å². The number of fused-ring (bicyclic) bond motifs is 1. The van der Waals surface area contributed by atoms with Gasteiger partial charge in [0.15, 0.2) is 0 Å². The number of hydrogen-bond donors (Lipinski definition) is 1. The van der Waals surface area contributed by atoms with Crippen molar-refractivity contribution in [2.45, 2.75) is 6.92 Å². The molecule has 3 nitrogen and oxygen atoms in total. The standard InChI is InChI=1S/C15H17BrN2O/c1-11(2)10-19-8-7-18-14-5-6-17-15-9-12(16)3-4-13(14)15/h3-6,9H,1,7-8,10H2,2H3,(H,17,18). The Morgan fingerprint density at radius 3 is 3.05 bits per heavy atom. The van der Waals surface area contributed by atoms with Crippen molar-refractivity contribution in [1.29, 1.82) is 0 Å². The molecule has 1 heterocycles. The van der Waals surface area contributed by atoms with E-state index in [0.717, 1.165) is 33.2 Å². The first kappa shape index (κ1) is 14.0. The maximum absolute atomic E-state index is 5.46. The van der Waals surface area contributed by atoms with Crippen LogP contribution in [0.15, 0.2) is 47.1 Å². The third-order valence-electron chi connectivity index (χ3n) is 2.62. The molecule has 4 heteroatoms. The number of halogens is 1. The normalized spacial score (nSPS) is 10.6. The lowest BCUT2D eigenvalue weighted by Gasteiger charge is -2.10. The molecule has 0 saturated heterocycles. The Kier molecular flexibility index (Phi) is 4.93. The first-order chi connectivity index (χ1) is 9.16. The van der Waals surface area contributed by atoms with Gasteiger partial charge in [-0.25, -0.2) is 0 Å². The van der Waals surface area contributed by atoms with E-state index in [4.69, 9.17) is 4.74 Å². The molecule has 0 saturated carbocycles. The van der Waals surface area contributed by atoms with Gasteiger partial charge in [-0.1, -0.05) is 28.1 Å². The Bertz CT molecular complexity index is 583. The molecule has 0 bridgehead atoms. The van der Waals surface area contributed by atoms with Crippen molar-refractivity contribution in [3.05, 3.63) is 47.1 Å². The number of nitrogens with zero attached hydrogens (tertiary/aromatic N) is 1. The maximum atomic E-state index is 5.46.